The minimum atomic E-state index is -0.671. The van der Waals surface area contributed by atoms with Gasteiger partial charge in [-0.15, -0.1) is 0 Å². The zero-order valence-electron chi connectivity index (χ0n) is 17.8. The first kappa shape index (κ1) is 19.7. The predicted octanol–water partition coefficient (Wildman–Crippen LogP) is 1.55. The molecule has 156 valence electrons. The Bertz CT molecular complexity index is 1470. The maximum atomic E-state index is 13.2. The fourth-order valence-electron chi connectivity index (χ4n) is 3.93. The summed E-state index contributed by atoms with van der Waals surface area (Å²) >= 11 is 0. The molecule has 0 radical (unpaired) electrons. The molecule has 0 aliphatic carbocycles. The molecule has 0 spiro atoms. The lowest BCUT2D eigenvalue weighted by molar-refractivity contribution is -0.141. The topological polar surface area (TPSA) is 92.5 Å². The van der Waals surface area contributed by atoms with E-state index in [1.807, 2.05) is 44.4 Å². The average molecular weight is 409 g/mol. The van der Waals surface area contributed by atoms with Gasteiger partial charge in [-0.05, 0) is 39.3 Å². The van der Waals surface area contributed by atoms with Crippen LogP contribution in [0.2, 0.25) is 0 Å². The van der Waals surface area contributed by atoms with Crippen LogP contribution in [0.15, 0.2) is 27.8 Å². The van der Waals surface area contributed by atoms with Crippen LogP contribution < -0.4 is 11.2 Å². The fraction of sp³-hybridized carbons (Fsp3) is 0.333. The molecule has 0 atom stereocenters. The Hall–Kier alpha value is -3.62. The predicted molar refractivity (Wildman–Crippen MR) is 112 cm³/mol. The van der Waals surface area contributed by atoms with E-state index in [9.17, 15) is 14.4 Å². The molecule has 0 aliphatic heterocycles. The highest BCUT2D eigenvalue weighted by atomic mass is 16.5. The van der Waals surface area contributed by atoms with Crippen LogP contribution in [-0.4, -0.2) is 36.2 Å². The standard InChI is InChI=1S/C21H23N5O4/c1-11-7-8-15(12(2)9-11)25-13(3)14(4)26-17-18(22-20(25)26)23(5)21(29)24(19(17)28)10-16(27)30-6/h7-9H,10H2,1-6H3. The van der Waals surface area contributed by atoms with Gasteiger partial charge in [-0.3, -0.25) is 23.1 Å². The molecule has 30 heavy (non-hydrogen) atoms. The van der Waals surface area contributed by atoms with Crippen molar-refractivity contribution in [1.82, 2.24) is 23.1 Å². The Morgan fingerprint density at radius 2 is 1.80 bits per heavy atom. The molecule has 3 heterocycles. The Balaban J connectivity index is 2.15. The van der Waals surface area contributed by atoms with E-state index in [0.29, 0.717) is 5.78 Å². The molecular weight excluding hydrogens is 386 g/mol. The van der Waals surface area contributed by atoms with Crippen molar-refractivity contribution in [2.45, 2.75) is 34.2 Å². The van der Waals surface area contributed by atoms with Crippen molar-refractivity contribution in [3.05, 3.63) is 61.6 Å². The highest BCUT2D eigenvalue weighted by Gasteiger charge is 2.24. The number of methoxy groups -OCH3 is 1. The molecule has 1 aromatic carbocycles. The number of carbonyl (C=O) groups excluding carboxylic acids is 1. The summed E-state index contributed by atoms with van der Waals surface area (Å²) in [5, 5.41) is 0. The Morgan fingerprint density at radius 3 is 2.43 bits per heavy atom. The quantitative estimate of drug-likeness (QED) is 0.479. The number of imidazole rings is 2. The third-order valence-electron chi connectivity index (χ3n) is 5.63. The lowest BCUT2D eigenvalue weighted by atomic mass is 10.1. The number of esters is 1. The molecule has 0 aliphatic rings. The first-order valence-electron chi connectivity index (χ1n) is 9.51. The fourth-order valence-corrected chi connectivity index (χ4v) is 3.93. The van der Waals surface area contributed by atoms with Crippen molar-refractivity contribution < 1.29 is 9.53 Å². The van der Waals surface area contributed by atoms with E-state index >= 15 is 0 Å². The molecule has 0 fully saturated rings. The Kier molecular flexibility index (Phi) is 4.41. The van der Waals surface area contributed by atoms with Gasteiger partial charge in [0.1, 0.15) is 6.54 Å². The van der Waals surface area contributed by atoms with Gasteiger partial charge in [0.25, 0.3) is 5.56 Å². The van der Waals surface area contributed by atoms with E-state index in [-0.39, 0.29) is 11.2 Å². The summed E-state index contributed by atoms with van der Waals surface area (Å²) in [4.78, 5) is 42.3. The summed E-state index contributed by atoms with van der Waals surface area (Å²) in [5.41, 5.74) is 4.24. The molecule has 0 bridgehead atoms. The number of aryl methyl sites for hydroxylation is 4. The summed E-state index contributed by atoms with van der Waals surface area (Å²) in [6.07, 6.45) is 0. The van der Waals surface area contributed by atoms with Crippen LogP contribution >= 0.6 is 0 Å². The van der Waals surface area contributed by atoms with E-state index in [2.05, 4.69) is 15.8 Å². The van der Waals surface area contributed by atoms with Gasteiger partial charge >= 0.3 is 11.7 Å². The van der Waals surface area contributed by atoms with E-state index in [4.69, 9.17) is 0 Å². The van der Waals surface area contributed by atoms with Crippen LogP contribution in [0.1, 0.15) is 22.5 Å². The van der Waals surface area contributed by atoms with E-state index in [1.165, 1.54) is 18.7 Å². The van der Waals surface area contributed by atoms with Gasteiger partial charge in [-0.2, -0.15) is 4.98 Å². The summed E-state index contributed by atoms with van der Waals surface area (Å²) in [7, 11) is 2.75. The SMILES string of the molecule is COC(=O)Cn1c(=O)c2c(nc3n(-c4ccc(C)cc4C)c(C)c(C)n23)n(C)c1=O. The first-order valence-corrected chi connectivity index (χ1v) is 9.51. The van der Waals surface area contributed by atoms with Crippen LogP contribution in [-0.2, 0) is 23.1 Å². The molecule has 0 amide bonds. The number of rotatable bonds is 3. The minimum absolute atomic E-state index is 0.250. The van der Waals surface area contributed by atoms with Crippen LogP contribution in [0.5, 0.6) is 0 Å². The molecule has 9 heteroatoms. The zero-order valence-corrected chi connectivity index (χ0v) is 17.8. The maximum Gasteiger partial charge on any atom is 0.333 e. The lowest BCUT2D eigenvalue weighted by Crippen LogP contribution is -2.41. The summed E-state index contributed by atoms with van der Waals surface area (Å²) in [5.74, 6) is -0.134. The van der Waals surface area contributed by atoms with Gasteiger partial charge in [-0.25, -0.2) is 9.36 Å². The van der Waals surface area contributed by atoms with Gasteiger partial charge in [0.15, 0.2) is 11.2 Å². The largest absolute Gasteiger partial charge is 0.468 e. The van der Waals surface area contributed by atoms with Gasteiger partial charge < -0.3 is 4.74 Å². The molecular formula is C21H23N5O4. The van der Waals surface area contributed by atoms with Crippen molar-refractivity contribution in [2.75, 3.05) is 7.11 Å². The van der Waals surface area contributed by atoms with Crippen molar-refractivity contribution in [2.24, 2.45) is 7.05 Å². The monoisotopic (exact) mass is 409 g/mol. The van der Waals surface area contributed by atoms with E-state index in [0.717, 1.165) is 32.8 Å². The number of benzene rings is 1. The van der Waals surface area contributed by atoms with E-state index in [1.54, 1.807) is 4.40 Å². The second-order valence-corrected chi connectivity index (χ2v) is 7.52. The Morgan fingerprint density at radius 1 is 1.10 bits per heavy atom. The number of fused-ring (bicyclic) bond motifs is 3. The zero-order chi connectivity index (χ0) is 21.9. The van der Waals surface area contributed by atoms with Gasteiger partial charge in [-0.1, -0.05) is 17.7 Å². The van der Waals surface area contributed by atoms with Crippen molar-refractivity contribution in [3.8, 4) is 5.69 Å². The van der Waals surface area contributed by atoms with Crippen molar-refractivity contribution >= 4 is 22.9 Å². The molecule has 4 rings (SSSR count). The number of hydrogen-bond donors (Lipinski definition) is 0. The van der Waals surface area contributed by atoms with E-state index < -0.39 is 23.8 Å². The van der Waals surface area contributed by atoms with Crippen LogP contribution in [0.3, 0.4) is 0 Å². The number of nitrogens with zero attached hydrogens (tertiary/aromatic N) is 5. The lowest BCUT2D eigenvalue weighted by Gasteiger charge is -2.10. The third-order valence-corrected chi connectivity index (χ3v) is 5.63. The number of hydrogen-bond acceptors (Lipinski definition) is 5. The summed E-state index contributed by atoms with van der Waals surface area (Å²) in [6.45, 7) is 7.46. The number of carbonyl (C=O) groups is 1. The number of ether oxygens (including phenoxy) is 1. The highest BCUT2D eigenvalue weighted by molar-refractivity contribution is 5.78. The van der Waals surface area contributed by atoms with Gasteiger partial charge in [0.2, 0.25) is 5.78 Å². The smallest absolute Gasteiger partial charge is 0.333 e. The van der Waals surface area contributed by atoms with Gasteiger partial charge in [0, 0.05) is 18.4 Å². The third kappa shape index (κ3) is 2.62. The second-order valence-electron chi connectivity index (χ2n) is 7.52. The molecule has 3 aromatic heterocycles. The molecule has 0 N–H and O–H groups in total. The van der Waals surface area contributed by atoms with Crippen molar-refractivity contribution in [1.29, 1.82) is 0 Å². The van der Waals surface area contributed by atoms with Crippen LogP contribution in [0.4, 0.5) is 0 Å². The van der Waals surface area contributed by atoms with Crippen LogP contribution in [0, 0.1) is 27.7 Å². The molecule has 0 saturated carbocycles. The number of aromatic nitrogens is 5. The van der Waals surface area contributed by atoms with Crippen LogP contribution in [0.25, 0.3) is 22.6 Å². The normalized spacial score (nSPS) is 11.5. The summed E-state index contributed by atoms with van der Waals surface area (Å²) < 4.78 is 10.5. The molecule has 4 aromatic rings. The molecule has 9 nitrogen and oxygen atoms in total. The molecule has 0 unspecified atom stereocenters. The second kappa shape index (κ2) is 6.72. The molecule has 0 saturated heterocycles. The summed E-state index contributed by atoms with van der Waals surface area (Å²) in [6, 6.07) is 6.13. The van der Waals surface area contributed by atoms with Crippen molar-refractivity contribution in [3.63, 3.8) is 0 Å². The maximum absolute atomic E-state index is 13.2. The highest BCUT2D eigenvalue weighted by Crippen LogP contribution is 2.26. The minimum Gasteiger partial charge on any atom is -0.468 e. The van der Waals surface area contributed by atoms with Gasteiger partial charge in [0.05, 0.1) is 12.8 Å². The first-order chi connectivity index (χ1) is 14.2. The Labute approximate surface area is 171 Å². The average Bonchev–Trinajstić information content (AvgIpc) is 3.20.